The zero-order chi connectivity index (χ0) is 27.1. The molecular formula is C29H23N5O4. The number of nitriles is 2. The van der Waals surface area contributed by atoms with Crippen molar-refractivity contribution in [2.75, 3.05) is 23.8 Å². The highest BCUT2D eigenvalue weighted by Gasteiger charge is 2.22. The summed E-state index contributed by atoms with van der Waals surface area (Å²) in [6, 6.07) is 26.9. The zero-order valence-corrected chi connectivity index (χ0v) is 20.5. The van der Waals surface area contributed by atoms with Crippen LogP contribution in [0.3, 0.4) is 0 Å². The van der Waals surface area contributed by atoms with E-state index >= 15 is 0 Å². The number of aromatic amines is 1. The van der Waals surface area contributed by atoms with Crippen LogP contribution in [0.2, 0.25) is 0 Å². The van der Waals surface area contributed by atoms with Crippen molar-refractivity contribution in [1.82, 2.24) is 4.98 Å². The van der Waals surface area contributed by atoms with Gasteiger partial charge < -0.3 is 20.2 Å². The molecule has 0 atom stereocenters. The van der Waals surface area contributed by atoms with E-state index in [4.69, 9.17) is 15.2 Å². The summed E-state index contributed by atoms with van der Waals surface area (Å²) in [5.74, 6) is 0.0994. The van der Waals surface area contributed by atoms with Crippen molar-refractivity contribution in [1.29, 1.82) is 10.5 Å². The van der Waals surface area contributed by atoms with Gasteiger partial charge in [0.25, 0.3) is 11.5 Å². The highest BCUT2D eigenvalue weighted by molar-refractivity contribution is 6.01. The minimum absolute atomic E-state index is 0.0335. The Bertz CT molecular complexity index is 1560. The lowest BCUT2D eigenvalue weighted by Crippen LogP contribution is -2.31. The fourth-order valence-electron chi connectivity index (χ4n) is 3.98. The second-order valence-electron chi connectivity index (χ2n) is 8.00. The van der Waals surface area contributed by atoms with Gasteiger partial charge in [-0.25, -0.2) is 0 Å². The van der Waals surface area contributed by atoms with Gasteiger partial charge in [-0.15, -0.1) is 0 Å². The van der Waals surface area contributed by atoms with E-state index in [-0.39, 0.29) is 53.1 Å². The lowest BCUT2D eigenvalue weighted by molar-refractivity contribution is -0.119. The van der Waals surface area contributed by atoms with E-state index < -0.39 is 5.56 Å². The largest absolute Gasteiger partial charge is 0.490 e. The van der Waals surface area contributed by atoms with Gasteiger partial charge in [0.2, 0.25) is 0 Å². The third kappa shape index (κ3) is 5.18. The van der Waals surface area contributed by atoms with Crippen LogP contribution in [0.25, 0.3) is 11.1 Å². The van der Waals surface area contributed by atoms with Crippen molar-refractivity contribution in [3.63, 3.8) is 0 Å². The molecule has 38 heavy (non-hydrogen) atoms. The van der Waals surface area contributed by atoms with Gasteiger partial charge in [-0.2, -0.15) is 10.5 Å². The Kier molecular flexibility index (Phi) is 7.71. The number of hydrogen-bond donors (Lipinski definition) is 2. The Labute approximate surface area is 218 Å². The molecule has 9 heteroatoms. The summed E-state index contributed by atoms with van der Waals surface area (Å²) in [5, 5.41) is 19.2. The number of amides is 1. The van der Waals surface area contributed by atoms with E-state index in [0.29, 0.717) is 16.9 Å². The van der Waals surface area contributed by atoms with Crippen LogP contribution in [0, 0.1) is 22.7 Å². The molecule has 3 N–H and O–H groups in total. The number of hydrogen-bond acceptors (Lipinski definition) is 7. The third-order valence-corrected chi connectivity index (χ3v) is 5.63. The van der Waals surface area contributed by atoms with Gasteiger partial charge in [0.15, 0.2) is 18.1 Å². The van der Waals surface area contributed by atoms with Crippen LogP contribution in [-0.4, -0.2) is 24.1 Å². The topological polar surface area (TPSA) is 145 Å². The number of anilines is 3. The number of nitrogen functional groups attached to an aromatic ring is 1. The first kappa shape index (κ1) is 25.5. The summed E-state index contributed by atoms with van der Waals surface area (Å²) < 4.78 is 11.6. The van der Waals surface area contributed by atoms with E-state index in [1.54, 1.807) is 30.0 Å². The fraction of sp³-hybridized carbons (Fsp3) is 0.103. The minimum Gasteiger partial charge on any atom is -0.490 e. The lowest BCUT2D eigenvalue weighted by Gasteiger charge is -2.23. The van der Waals surface area contributed by atoms with Crippen molar-refractivity contribution in [3.8, 4) is 34.8 Å². The molecule has 1 aromatic heterocycles. The molecule has 0 bridgehead atoms. The number of ether oxygens (including phenoxy) is 2. The van der Waals surface area contributed by atoms with Crippen molar-refractivity contribution in [2.24, 2.45) is 0 Å². The number of carbonyl (C=O) groups is 1. The first-order valence-electron chi connectivity index (χ1n) is 11.7. The Morgan fingerprint density at radius 2 is 1.50 bits per heavy atom. The van der Waals surface area contributed by atoms with Gasteiger partial charge in [-0.1, -0.05) is 42.5 Å². The summed E-state index contributed by atoms with van der Waals surface area (Å²) in [7, 11) is 0. The fourth-order valence-corrected chi connectivity index (χ4v) is 3.98. The van der Waals surface area contributed by atoms with Crippen molar-refractivity contribution in [2.45, 2.75) is 6.92 Å². The average Bonchev–Trinajstić information content (AvgIpc) is 2.93. The van der Waals surface area contributed by atoms with Crippen LogP contribution in [0.1, 0.15) is 18.1 Å². The van der Waals surface area contributed by atoms with Gasteiger partial charge >= 0.3 is 0 Å². The number of H-pyrrole nitrogens is 1. The first-order valence-corrected chi connectivity index (χ1v) is 11.7. The predicted octanol–water partition coefficient (Wildman–Crippen LogP) is 4.51. The molecule has 9 nitrogen and oxygen atoms in total. The minimum atomic E-state index is -0.704. The molecule has 0 aliphatic heterocycles. The maximum Gasteiger partial charge on any atom is 0.269 e. The molecule has 0 aliphatic rings. The number of benzene rings is 3. The molecule has 0 saturated carbocycles. The molecule has 4 rings (SSSR count). The molecule has 0 aliphatic carbocycles. The molecule has 3 aromatic carbocycles. The highest BCUT2D eigenvalue weighted by atomic mass is 16.5. The van der Waals surface area contributed by atoms with E-state index in [1.165, 1.54) is 0 Å². The number of nitrogens with one attached hydrogen (secondary N) is 1. The molecule has 0 radical (unpaired) electrons. The Morgan fingerprint density at radius 3 is 2.05 bits per heavy atom. The average molecular weight is 506 g/mol. The second kappa shape index (κ2) is 11.5. The molecule has 1 heterocycles. The molecular weight excluding hydrogens is 482 g/mol. The molecule has 188 valence electrons. The zero-order valence-electron chi connectivity index (χ0n) is 20.5. The quantitative estimate of drug-likeness (QED) is 0.358. The predicted molar refractivity (Wildman–Crippen MR) is 143 cm³/mol. The number of aromatic nitrogens is 1. The summed E-state index contributed by atoms with van der Waals surface area (Å²) in [6.07, 6.45) is 0. The van der Waals surface area contributed by atoms with E-state index in [2.05, 4.69) is 4.98 Å². The second-order valence-corrected chi connectivity index (χ2v) is 8.00. The Hall–Kier alpha value is -5.54. The number of pyridine rings is 1. The van der Waals surface area contributed by atoms with Crippen LogP contribution in [0.15, 0.2) is 83.7 Å². The monoisotopic (exact) mass is 505 g/mol. The summed E-state index contributed by atoms with van der Waals surface area (Å²) in [6.45, 7) is 1.76. The SMILES string of the molecule is CCOc1cc(-c2c(C#N)c(N)[nH]c(=O)c2C#N)ccc1OCC(=O)N(c1ccccc1)c1ccccc1. The van der Waals surface area contributed by atoms with Crippen molar-refractivity contribution >= 4 is 23.1 Å². The Morgan fingerprint density at radius 1 is 0.895 bits per heavy atom. The van der Waals surface area contributed by atoms with E-state index in [0.717, 1.165) is 0 Å². The highest BCUT2D eigenvalue weighted by Crippen LogP contribution is 2.36. The standard InChI is InChI=1S/C29H23N5O4/c1-2-37-25-15-19(27-22(16-30)28(32)33-29(36)23(27)17-31)13-14-24(25)38-18-26(35)34(20-9-5-3-6-10-20)21-11-7-4-8-12-21/h3-15H,2,18H2,1H3,(H3,32,33,36). The van der Waals surface area contributed by atoms with Crippen LogP contribution in [0.5, 0.6) is 11.5 Å². The van der Waals surface area contributed by atoms with E-state index in [9.17, 15) is 20.1 Å². The summed E-state index contributed by atoms with van der Waals surface area (Å²) >= 11 is 0. The molecule has 0 saturated heterocycles. The summed E-state index contributed by atoms with van der Waals surface area (Å²) in [4.78, 5) is 29.6. The van der Waals surface area contributed by atoms with Gasteiger partial charge in [-0.05, 0) is 48.9 Å². The number of carbonyl (C=O) groups excluding carboxylic acids is 1. The smallest absolute Gasteiger partial charge is 0.269 e. The molecule has 4 aromatic rings. The van der Waals surface area contributed by atoms with Crippen molar-refractivity contribution < 1.29 is 14.3 Å². The number of nitrogens with two attached hydrogens (primary N) is 1. The Balaban J connectivity index is 1.68. The third-order valence-electron chi connectivity index (χ3n) is 5.63. The van der Waals surface area contributed by atoms with Gasteiger partial charge in [0.1, 0.15) is 29.1 Å². The molecule has 1 amide bonds. The first-order chi connectivity index (χ1) is 18.5. The van der Waals surface area contributed by atoms with Gasteiger partial charge in [-0.3, -0.25) is 14.5 Å². The van der Waals surface area contributed by atoms with Crippen LogP contribution < -0.4 is 25.7 Å². The molecule has 0 spiro atoms. The van der Waals surface area contributed by atoms with Gasteiger partial charge in [0.05, 0.1) is 6.61 Å². The maximum atomic E-state index is 13.4. The van der Waals surface area contributed by atoms with Gasteiger partial charge in [0, 0.05) is 16.9 Å². The molecule has 0 fully saturated rings. The van der Waals surface area contributed by atoms with E-state index in [1.807, 2.05) is 72.8 Å². The van der Waals surface area contributed by atoms with Crippen LogP contribution >= 0.6 is 0 Å². The van der Waals surface area contributed by atoms with Crippen LogP contribution in [0.4, 0.5) is 17.2 Å². The summed E-state index contributed by atoms with van der Waals surface area (Å²) in [5.41, 5.74) is 6.70. The molecule has 0 unspecified atom stereocenters. The normalized spacial score (nSPS) is 10.2. The maximum absolute atomic E-state index is 13.4. The number of para-hydroxylation sites is 2. The lowest BCUT2D eigenvalue weighted by atomic mass is 9.96. The number of rotatable bonds is 8. The van der Waals surface area contributed by atoms with Crippen molar-refractivity contribution in [3.05, 3.63) is 100 Å². The number of nitrogens with zero attached hydrogens (tertiary/aromatic N) is 3. The van der Waals surface area contributed by atoms with Crippen LogP contribution in [-0.2, 0) is 4.79 Å².